The van der Waals surface area contributed by atoms with Crippen molar-refractivity contribution >= 4 is 44.5 Å². The molecule has 25 heavy (non-hydrogen) atoms. The number of halogens is 2. The molecule has 1 aromatic carbocycles. The summed E-state index contributed by atoms with van der Waals surface area (Å²) in [7, 11) is 0. The van der Waals surface area contributed by atoms with E-state index in [4.69, 9.17) is 16.3 Å². The van der Waals surface area contributed by atoms with Crippen LogP contribution in [-0.4, -0.2) is 32.6 Å². The van der Waals surface area contributed by atoms with Crippen LogP contribution < -0.4 is 4.74 Å². The van der Waals surface area contributed by atoms with E-state index in [1.807, 2.05) is 16.8 Å². The van der Waals surface area contributed by atoms with E-state index >= 15 is 0 Å². The highest BCUT2D eigenvalue weighted by Gasteiger charge is 2.26. The predicted molar refractivity (Wildman–Crippen MR) is 100 cm³/mol. The Morgan fingerprint density at radius 1 is 1.36 bits per heavy atom. The van der Waals surface area contributed by atoms with E-state index in [1.165, 1.54) is 12.8 Å². The first-order chi connectivity index (χ1) is 12.2. The predicted octanol–water partition coefficient (Wildman–Crippen LogP) is 3.61. The molecule has 1 fully saturated rings. The Bertz CT molecular complexity index is 860. The van der Waals surface area contributed by atoms with Gasteiger partial charge < -0.3 is 9.84 Å². The number of alkyl halides is 1. The molecule has 0 radical (unpaired) electrons. The highest BCUT2D eigenvalue weighted by atomic mass is 79.9. The summed E-state index contributed by atoms with van der Waals surface area (Å²) < 4.78 is 7.99. The first-order valence-electron chi connectivity index (χ1n) is 8.31. The fourth-order valence-corrected chi connectivity index (χ4v) is 3.73. The van der Waals surface area contributed by atoms with Crippen LogP contribution in [0.5, 0.6) is 5.75 Å². The molecule has 2 heterocycles. The summed E-state index contributed by atoms with van der Waals surface area (Å²) in [4.78, 5) is 4.25. The van der Waals surface area contributed by atoms with Crippen molar-refractivity contribution in [3.8, 4) is 5.75 Å². The van der Waals surface area contributed by atoms with Gasteiger partial charge in [-0.05, 0) is 37.3 Å². The molecular formula is C17H18BrClN4O2. The summed E-state index contributed by atoms with van der Waals surface area (Å²) in [5, 5.41) is 19.4. The molecule has 1 aliphatic heterocycles. The quantitative estimate of drug-likeness (QED) is 0.743. The maximum atomic E-state index is 9.57. The monoisotopic (exact) mass is 424 g/mol. The lowest BCUT2D eigenvalue weighted by atomic mass is 10.0. The summed E-state index contributed by atoms with van der Waals surface area (Å²) in [6.07, 6.45) is 4.64. The smallest absolute Gasteiger partial charge is 0.200 e. The lowest BCUT2D eigenvalue weighted by Gasteiger charge is -2.20. The Labute approximate surface area is 158 Å². The van der Waals surface area contributed by atoms with Crippen molar-refractivity contribution in [1.82, 2.24) is 15.0 Å². The number of aliphatic hydroxyl groups excluding tert-OH is 1. The topological polar surface area (TPSA) is 72.5 Å². The Morgan fingerprint density at radius 2 is 2.20 bits per heavy atom. The molecule has 1 atom stereocenters. The molecule has 2 aliphatic rings. The Hall–Kier alpha value is -1.44. The molecule has 1 unspecified atom stereocenters. The molecule has 1 aliphatic carbocycles. The second-order valence-corrected chi connectivity index (χ2v) is 7.53. The number of nitrogens with zero attached hydrogens (tertiary/aromatic N) is 4. The molecule has 0 spiro atoms. The van der Waals surface area contributed by atoms with Crippen molar-refractivity contribution in [2.24, 2.45) is 16.8 Å². The molecule has 1 saturated carbocycles. The van der Waals surface area contributed by atoms with Crippen LogP contribution in [0.2, 0.25) is 0 Å². The summed E-state index contributed by atoms with van der Waals surface area (Å²) in [6.45, 7) is 0.855. The van der Waals surface area contributed by atoms with Crippen LogP contribution in [0.15, 0.2) is 28.4 Å². The fraction of sp³-hybridized carbons (Fsp3) is 0.471. The number of aliphatic imine (C=N–C) groups is 1. The van der Waals surface area contributed by atoms with Gasteiger partial charge in [-0.2, -0.15) is 0 Å². The third-order valence-corrected chi connectivity index (χ3v) is 5.38. The average molecular weight is 426 g/mol. The van der Waals surface area contributed by atoms with Gasteiger partial charge >= 0.3 is 0 Å². The SMILES string of the molecule is OCC1CC(Cl)=CN=C1Oc1ccc2c(nnn2CC2CC2)c1CBr. The van der Waals surface area contributed by atoms with Crippen molar-refractivity contribution in [3.05, 3.63) is 28.9 Å². The van der Waals surface area contributed by atoms with Crippen LogP contribution in [0.1, 0.15) is 24.8 Å². The molecule has 2 aromatic rings. The van der Waals surface area contributed by atoms with Gasteiger partial charge in [0.1, 0.15) is 11.3 Å². The summed E-state index contributed by atoms with van der Waals surface area (Å²) in [6, 6.07) is 3.90. The lowest BCUT2D eigenvalue weighted by Crippen LogP contribution is -2.26. The lowest BCUT2D eigenvalue weighted by molar-refractivity contribution is 0.249. The zero-order valence-corrected chi connectivity index (χ0v) is 15.9. The van der Waals surface area contributed by atoms with Gasteiger partial charge in [-0.1, -0.05) is 32.7 Å². The molecule has 4 rings (SSSR count). The van der Waals surface area contributed by atoms with Crippen LogP contribution in [0, 0.1) is 11.8 Å². The number of allylic oxidation sites excluding steroid dienone is 1. The van der Waals surface area contributed by atoms with Crippen molar-refractivity contribution < 1.29 is 9.84 Å². The normalized spacial score (nSPS) is 20.5. The summed E-state index contributed by atoms with van der Waals surface area (Å²) in [5.74, 6) is 1.64. The molecular weight excluding hydrogens is 408 g/mol. The van der Waals surface area contributed by atoms with E-state index in [-0.39, 0.29) is 12.5 Å². The van der Waals surface area contributed by atoms with E-state index in [1.54, 1.807) is 6.20 Å². The zero-order chi connectivity index (χ0) is 17.4. The molecule has 1 N–H and O–H groups in total. The second-order valence-electron chi connectivity index (χ2n) is 6.49. The van der Waals surface area contributed by atoms with Crippen LogP contribution in [-0.2, 0) is 11.9 Å². The highest BCUT2D eigenvalue weighted by Crippen LogP contribution is 2.34. The molecule has 0 amide bonds. The van der Waals surface area contributed by atoms with E-state index in [2.05, 4.69) is 31.2 Å². The number of ether oxygens (including phenoxy) is 1. The number of hydrogen-bond acceptors (Lipinski definition) is 5. The van der Waals surface area contributed by atoms with Crippen molar-refractivity contribution in [2.75, 3.05) is 6.61 Å². The van der Waals surface area contributed by atoms with E-state index in [9.17, 15) is 5.11 Å². The van der Waals surface area contributed by atoms with Gasteiger partial charge in [0.25, 0.3) is 0 Å². The van der Waals surface area contributed by atoms with Gasteiger partial charge in [-0.25, -0.2) is 9.67 Å². The Kier molecular flexibility index (Phi) is 4.80. The number of aromatic nitrogens is 3. The van der Waals surface area contributed by atoms with E-state index < -0.39 is 0 Å². The molecule has 1 aromatic heterocycles. The first-order valence-corrected chi connectivity index (χ1v) is 9.81. The fourth-order valence-electron chi connectivity index (χ4n) is 2.96. The second kappa shape index (κ2) is 7.05. The minimum atomic E-state index is -0.234. The van der Waals surface area contributed by atoms with Gasteiger partial charge in [0.2, 0.25) is 5.90 Å². The Morgan fingerprint density at radius 3 is 2.92 bits per heavy atom. The van der Waals surface area contributed by atoms with Crippen molar-refractivity contribution in [3.63, 3.8) is 0 Å². The van der Waals surface area contributed by atoms with Crippen LogP contribution in [0.3, 0.4) is 0 Å². The number of rotatable bonds is 5. The Balaban J connectivity index is 1.67. The standard InChI is InChI=1S/C17H18BrClN4O2/c18-6-13-15(25-17-11(9-24)5-12(19)7-20-17)4-3-14-16(13)21-22-23(14)8-10-1-2-10/h3-4,7,10-11,24H,1-2,5-6,8-9H2. The van der Waals surface area contributed by atoms with E-state index in [0.29, 0.717) is 28.4 Å². The van der Waals surface area contributed by atoms with Crippen molar-refractivity contribution in [2.45, 2.75) is 31.1 Å². The molecule has 6 nitrogen and oxygen atoms in total. The molecule has 0 saturated heterocycles. The third kappa shape index (κ3) is 3.45. The van der Waals surface area contributed by atoms with Gasteiger partial charge in [-0.3, -0.25) is 0 Å². The van der Waals surface area contributed by atoms with Gasteiger partial charge in [-0.15, -0.1) is 5.10 Å². The summed E-state index contributed by atoms with van der Waals surface area (Å²) in [5.41, 5.74) is 2.78. The first kappa shape index (κ1) is 17.0. The minimum absolute atomic E-state index is 0.0631. The van der Waals surface area contributed by atoms with Crippen molar-refractivity contribution in [1.29, 1.82) is 0 Å². The molecule has 132 valence electrons. The maximum absolute atomic E-state index is 9.57. The number of benzene rings is 1. The van der Waals surface area contributed by atoms with Crippen LogP contribution in [0.25, 0.3) is 11.0 Å². The van der Waals surface area contributed by atoms with Gasteiger partial charge in [0.15, 0.2) is 0 Å². The number of hydrogen-bond donors (Lipinski definition) is 1. The largest absolute Gasteiger partial charge is 0.442 e. The molecule has 8 heteroatoms. The van der Waals surface area contributed by atoms with E-state index in [0.717, 1.165) is 29.1 Å². The van der Waals surface area contributed by atoms with Crippen LogP contribution >= 0.6 is 27.5 Å². The van der Waals surface area contributed by atoms with Gasteiger partial charge in [0.05, 0.1) is 18.0 Å². The maximum Gasteiger partial charge on any atom is 0.200 e. The number of fused-ring (bicyclic) bond motifs is 1. The average Bonchev–Trinajstić information content (AvgIpc) is 3.35. The third-order valence-electron chi connectivity index (χ3n) is 4.57. The highest BCUT2D eigenvalue weighted by molar-refractivity contribution is 9.08. The van der Waals surface area contributed by atoms with Crippen LogP contribution in [0.4, 0.5) is 0 Å². The summed E-state index contributed by atoms with van der Waals surface area (Å²) >= 11 is 9.53. The minimum Gasteiger partial charge on any atom is -0.442 e. The zero-order valence-electron chi connectivity index (χ0n) is 13.5. The number of aliphatic hydroxyl groups is 1. The van der Waals surface area contributed by atoms with Gasteiger partial charge in [0, 0.05) is 28.7 Å². The molecule has 0 bridgehead atoms.